The van der Waals surface area contributed by atoms with Crippen LogP contribution in [0.15, 0.2) is 17.0 Å². The molecular weight excluding hydrogens is 307 g/mol. The van der Waals surface area contributed by atoms with Crippen LogP contribution in [-0.2, 0) is 14.8 Å². The second kappa shape index (κ2) is 7.21. The van der Waals surface area contributed by atoms with Crippen molar-refractivity contribution in [2.45, 2.75) is 18.7 Å². The lowest BCUT2D eigenvalue weighted by molar-refractivity contribution is 0.135. The van der Waals surface area contributed by atoms with E-state index in [0.29, 0.717) is 6.61 Å². The van der Waals surface area contributed by atoms with Gasteiger partial charge in [0.25, 0.3) is 0 Å². The van der Waals surface area contributed by atoms with Gasteiger partial charge in [0, 0.05) is 19.7 Å². The van der Waals surface area contributed by atoms with E-state index in [4.69, 9.17) is 22.1 Å². The summed E-state index contributed by atoms with van der Waals surface area (Å²) >= 11 is 5.82. The van der Waals surface area contributed by atoms with E-state index in [1.165, 1.54) is 4.31 Å². The summed E-state index contributed by atoms with van der Waals surface area (Å²) in [4.78, 5) is -0.198. The van der Waals surface area contributed by atoms with E-state index < -0.39 is 15.8 Å². The highest BCUT2D eigenvalue weighted by molar-refractivity contribution is 7.89. The van der Waals surface area contributed by atoms with Gasteiger partial charge in [-0.2, -0.15) is 4.31 Å². The Labute approximate surface area is 123 Å². The number of hydrogen-bond donors (Lipinski definition) is 1. The van der Waals surface area contributed by atoms with Gasteiger partial charge in [0.05, 0.1) is 17.3 Å². The second-order valence-corrected chi connectivity index (χ2v) is 6.31. The number of rotatable bonds is 7. The van der Waals surface area contributed by atoms with Crippen LogP contribution in [-0.4, -0.2) is 39.0 Å². The molecule has 0 spiro atoms. The zero-order chi connectivity index (χ0) is 15.3. The van der Waals surface area contributed by atoms with Gasteiger partial charge in [0.2, 0.25) is 10.0 Å². The molecule has 114 valence electrons. The van der Waals surface area contributed by atoms with Crippen LogP contribution in [0.2, 0.25) is 5.02 Å². The van der Waals surface area contributed by atoms with E-state index in [-0.39, 0.29) is 35.3 Å². The van der Waals surface area contributed by atoms with Gasteiger partial charge in [-0.15, -0.1) is 0 Å². The Morgan fingerprint density at radius 2 is 2.05 bits per heavy atom. The highest BCUT2D eigenvalue weighted by Gasteiger charge is 2.26. The van der Waals surface area contributed by atoms with Crippen LogP contribution < -0.4 is 5.73 Å². The molecule has 20 heavy (non-hydrogen) atoms. The van der Waals surface area contributed by atoms with E-state index >= 15 is 0 Å². The van der Waals surface area contributed by atoms with Crippen molar-refractivity contribution >= 4 is 27.3 Å². The lowest BCUT2D eigenvalue weighted by Crippen LogP contribution is -2.34. The highest BCUT2D eigenvalue weighted by atomic mass is 35.5. The molecule has 0 saturated heterocycles. The smallest absolute Gasteiger partial charge is 0.244 e. The minimum Gasteiger partial charge on any atom is -0.396 e. The minimum absolute atomic E-state index is 0.188. The van der Waals surface area contributed by atoms with Crippen LogP contribution >= 0.6 is 11.6 Å². The predicted molar refractivity (Wildman–Crippen MR) is 76.7 cm³/mol. The number of sulfonamides is 1. The normalized spacial score (nSPS) is 12.1. The quantitative estimate of drug-likeness (QED) is 0.616. The molecule has 0 aliphatic heterocycles. The fourth-order valence-corrected chi connectivity index (χ4v) is 3.60. The maximum Gasteiger partial charge on any atom is 0.244 e. The van der Waals surface area contributed by atoms with Crippen molar-refractivity contribution in [2.24, 2.45) is 0 Å². The Balaban J connectivity index is 3.11. The lowest BCUT2D eigenvalue weighted by Gasteiger charge is -2.21. The summed E-state index contributed by atoms with van der Waals surface area (Å²) in [6, 6.07) is 1.94. The third-order valence-corrected chi connectivity index (χ3v) is 5.15. The van der Waals surface area contributed by atoms with Crippen molar-refractivity contribution in [3.63, 3.8) is 0 Å². The number of nitrogens with zero attached hydrogens (tertiary/aromatic N) is 1. The third-order valence-electron chi connectivity index (χ3n) is 2.71. The van der Waals surface area contributed by atoms with Gasteiger partial charge in [-0.3, -0.25) is 0 Å². The summed E-state index contributed by atoms with van der Waals surface area (Å²) in [5, 5.41) is -0.188. The first kappa shape index (κ1) is 17.2. The lowest BCUT2D eigenvalue weighted by atomic mass is 10.3. The molecule has 0 amide bonds. The van der Waals surface area contributed by atoms with Gasteiger partial charge in [-0.25, -0.2) is 12.8 Å². The summed E-state index contributed by atoms with van der Waals surface area (Å²) in [5.74, 6) is -0.744. The standard InChI is InChI=1S/C12H18ClFN2O3S/c1-3-16(5-6-19-4-2)20(17,18)12-8-11(15)10(14)7-9(12)13/h7-8H,3-6,15H2,1-2H3. The monoisotopic (exact) mass is 324 g/mol. The SMILES string of the molecule is CCOCCN(CC)S(=O)(=O)c1cc(N)c(F)cc1Cl. The molecule has 8 heteroatoms. The third kappa shape index (κ3) is 3.82. The molecule has 0 radical (unpaired) electrons. The summed E-state index contributed by atoms with van der Waals surface area (Å²) in [5.41, 5.74) is 5.15. The van der Waals surface area contributed by atoms with Gasteiger partial charge in [-0.05, 0) is 19.1 Å². The Morgan fingerprint density at radius 1 is 1.40 bits per heavy atom. The van der Waals surface area contributed by atoms with E-state index in [9.17, 15) is 12.8 Å². The molecule has 2 N–H and O–H groups in total. The van der Waals surface area contributed by atoms with Crippen molar-refractivity contribution in [3.05, 3.63) is 23.0 Å². The molecular formula is C12H18ClFN2O3S. The van der Waals surface area contributed by atoms with Gasteiger partial charge in [0.15, 0.2) is 0 Å². The van der Waals surface area contributed by atoms with Gasteiger partial charge < -0.3 is 10.5 Å². The van der Waals surface area contributed by atoms with Crippen molar-refractivity contribution in [3.8, 4) is 0 Å². The zero-order valence-corrected chi connectivity index (χ0v) is 13.0. The highest BCUT2D eigenvalue weighted by Crippen LogP contribution is 2.28. The minimum atomic E-state index is -3.83. The number of halogens is 2. The van der Waals surface area contributed by atoms with Crippen LogP contribution in [0.1, 0.15) is 13.8 Å². The number of ether oxygens (including phenoxy) is 1. The first-order valence-corrected chi connectivity index (χ1v) is 7.98. The number of anilines is 1. The molecule has 0 atom stereocenters. The number of nitrogens with two attached hydrogens (primary N) is 1. The van der Waals surface area contributed by atoms with Crippen molar-refractivity contribution < 1.29 is 17.5 Å². The molecule has 0 saturated carbocycles. The average molecular weight is 325 g/mol. The van der Waals surface area contributed by atoms with Crippen LogP contribution in [0.5, 0.6) is 0 Å². The fraction of sp³-hybridized carbons (Fsp3) is 0.500. The molecule has 0 aliphatic carbocycles. The molecule has 0 heterocycles. The summed E-state index contributed by atoms with van der Waals surface area (Å²) < 4.78 is 44.5. The molecule has 1 rings (SSSR count). The van der Waals surface area contributed by atoms with Crippen LogP contribution in [0.4, 0.5) is 10.1 Å². The van der Waals surface area contributed by atoms with Crippen molar-refractivity contribution in [1.29, 1.82) is 0 Å². The first-order valence-electron chi connectivity index (χ1n) is 6.17. The summed E-state index contributed by atoms with van der Waals surface area (Å²) in [6.45, 7) is 4.75. The van der Waals surface area contributed by atoms with Gasteiger partial charge in [-0.1, -0.05) is 18.5 Å². The maximum absolute atomic E-state index is 13.2. The van der Waals surface area contributed by atoms with Gasteiger partial charge >= 0.3 is 0 Å². The molecule has 0 bridgehead atoms. The molecule has 5 nitrogen and oxygen atoms in total. The predicted octanol–water partition coefficient (Wildman–Crippen LogP) is 2.11. The van der Waals surface area contributed by atoms with E-state index in [1.807, 2.05) is 6.92 Å². The summed E-state index contributed by atoms with van der Waals surface area (Å²) in [7, 11) is -3.83. The zero-order valence-electron chi connectivity index (χ0n) is 11.4. The van der Waals surface area contributed by atoms with Crippen molar-refractivity contribution in [2.75, 3.05) is 32.0 Å². The van der Waals surface area contributed by atoms with Gasteiger partial charge in [0.1, 0.15) is 10.7 Å². The molecule has 0 fully saturated rings. The Morgan fingerprint density at radius 3 is 2.60 bits per heavy atom. The fourth-order valence-electron chi connectivity index (χ4n) is 1.64. The van der Waals surface area contributed by atoms with Crippen molar-refractivity contribution in [1.82, 2.24) is 4.31 Å². The molecule has 0 aliphatic rings. The molecule has 1 aromatic rings. The average Bonchev–Trinajstić information content (AvgIpc) is 2.38. The number of nitrogen functional groups attached to an aromatic ring is 1. The second-order valence-electron chi connectivity index (χ2n) is 4.00. The summed E-state index contributed by atoms with van der Waals surface area (Å²) in [6.07, 6.45) is 0. The van der Waals surface area contributed by atoms with Crippen LogP contribution in [0, 0.1) is 5.82 Å². The van der Waals surface area contributed by atoms with Crippen LogP contribution in [0.25, 0.3) is 0 Å². The van der Waals surface area contributed by atoms with Crippen LogP contribution in [0.3, 0.4) is 0 Å². The van der Waals surface area contributed by atoms with E-state index in [1.54, 1.807) is 6.92 Å². The number of benzene rings is 1. The Hall–Kier alpha value is -0.890. The van der Waals surface area contributed by atoms with E-state index in [0.717, 1.165) is 12.1 Å². The van der Waals surface area contributed by atoms with E-state index in [2.05, 4.69) is 0 Å². The molecule has 0 unspecified atom stereocenters. The topological polar surface area (TPSA) is 72.6 Å². The number of hydrogen-bond acceptors (Lipinski definition) is 4. The maximum atomic E-state index is 13.2. The largest absolute Gasteiger partial charge is 0.396 e. The Bertz CT molecular complexity index is 566. The molecule has 1 aromatic carbocycles. The first-order chi connectivity index (χ1) is 9.34. The molecule has 0 aromatic heterocycles. The Kier molecular flexibility index (Phi) is 6.19. The number of likely N-dealkylation sites (N-methyl/N-ethyl adjacent to an activating group) is 1.